The van der Waals surface area contributed by atoms with Crippen LogP contribution in [0.15, 0.2) is 5.51 Å². The lowest BCUT2D eigenvalue weighted by Gasteiger charge is -2.27. The zero-order valence-electron chi connectivity index (χ0n) is 7.81. The Morgan fingerprint density at radius 3 is 3.00 bits per heavy atom. The van der Waals surface area contributed by atoms with Gasteiger partial charge in [0.05, 0.1) is 6.07 Å². The zero-order valence-corrected chi connectivity index (χ0v) is 8.63. The molecule has 3 unspecified atom stereocenters. The SMILES string of the molecule is N#CC1(c2nncs2)CC2CCC1C2. The van der Waals surface area contributed by atoms with E-state index in [2.05, 4.69) is 16.3 Å². The van der Waals surface area contributed by atoms with Crippen LogP contribution in [0.3, 0.4) is 0 Å². The van der Waals surface area contributed by atoms with Gasteiger partial charge in [0.2, 0.25) is 0 Å². The van der Waals surface area contributed by atoms with Gasteiger partial charge >= 0.3 is 0 Å². The van der Waals surface area contributed by atoms with E-state index in [-0.39, 0.29) is 5.41 Å². The maximum Gasteiger partial charge on any atom is 0.137 e. The molecule has 1 aromatic heterocycles. The van der Waals surface area contributed by atoms with Gasteiger partial charge in [-0.2, -0.15) is 5.26 Å². The molecule has 0 spiro atoms. The highest BCUT2D eigenvalue weighted by Crippen LogP contribution is 2.56. The standard InChI is InChI=1S/C10H11N3S/c11-5-10(9-13-12-6-14-9)4-7-1-2-8(10)3-7/h6-8H,1-4H2. The Hall–Kier alpha value is -0.950. The highest BCUT2D eigenvalue weighted by molar-refractivity contribution is 7.09. The molecule has 1 aromatic rings. The molecule has 1 heterocycles. The van der Waals surface area contributed by atoms with E-state index in [4.69, 9.17) is 0 Å². The summed E-state index contributed by atoms with van der Waals surface area (Å²) in [5.41, 5.74) is 1.46. The monoisotopic (exact) mass is 205 g/mol. The van der Waals surface area contributed by atoms with Gasteiger partial charge < -0.3 is 0 Å². The summed E-state index contributed by atoms with van der Waals surface area (Å²) in [5, 5.41) is 18.3. The summed E-state index contributed by atoms with van der Waals surface area (Å²) in [4.78, 5) is 0. The predicted molar refractivity (Wildman–Crippen MR) is 52.6 cm³/mol. The Labute approximate surface area is 86.8 Å². The highest BCUT2D eigenvalue weighted by Gasteiger charge is 2.54. The van der Waals surface area contributed by atoms with E-state index in [0.717, 1.165) is 17.3 Å². The van der Waals surface area contributed by atoms with Gasteiger partial charge in [-0.3, -0.25) is 0 Å². The van der Waals surface area contributed by atoms with E-state index < -0.39 is 0 Å². The lowest BCUT2D eigenvalue weighted by Crippen LogP contribution is -2.30. The van der Waals surface area contributed by atoms with Crippen LogP contribution in [-0.2, 0) is 5.41 Å². The van der Waals surface area contributed by atoms with E-state index in [1.807, 2.05) is 0 Å². The summed E-state index contributed by atoms with van der Waals surface area (Å²) in [5.74, 6) is 1.31. The lowest BCUT2D eigenvalue weighted by atomic mass is 9.75. The third kappa shape index (κ3) is 0.908. The minimum Gasteiger partial charge on any atom is -0.197 e. The molecule has 2 aliphatic rings. The van der Waals surface area contributed by atoms with E-state index in [1.165, 1.54) is 30.6 Å². The maximum atomic E-state index is 9.40. The zero-order chi connectivity index (χ0) is 9.60. The molecule has 2 fully saturated rings. The van der Waals surface area contributed by atoms with Crippen molar-refractivity contribution in [1.29, 1.82) is 5.26 Å². The molecule has 0 saturated heterocycles. The molecule has 2 saturated carbocycles. The van der Waals surface area contributed by atoms with Crippen LogP contribution in [0.5, 0.6) is 0 Å². The van der Waals surface area contributed by atoms with Crippen molar-refractivity contribution in [3.8, 4) is 6.07 Å². The van der Waals surface area contributed by atoms with Crippen molar-refractivity contribution in [3.63, 3.8) is 0 Å². The Bertz CT molecular complexity index is 381. The van der Waals surface area contributed by atoms with Crippen LogP contribution in [0.1, 0.15) is 30.7 Å². The Morgan fingerprint density at radius 2 is 2.50 bits per heavy atom. The number of rotatable bonds is 1. The van der Waals surface area contributed by atoms with Crippen LogP contribution in [0.4, 0.5) is 0 Å². The lowest BCUT2D eigenvalue weighted by molar-refractivity contribution is 0.338. The first kappa shape index (κ1) is 8.37. The number of nitrogens with zero attached hydrogens (tertiary/aromatic N) is 3. The first-order valence-electron chi connectivity index (χ1n) is 5.03. The quantitative estimate of drug-likeness (QED) is 0.705. The maximum absolute atomic E-state index is 9.40. The molecule has 2 bridgehead atoms. The van der Waals surface area contributed by atoms with E-state index in [0.29, 0.717) is 5.92 Å². The summed E-state index contributed by atoms with van der Waals surface area (Å²) in [6.07, 6.45) is 4.77. The van der Waals surface area contributed by atoms with Gasteiger partial charge in [-0.15, -0.1) is 21.5 Å². The molecule has 14 heavy (non-hydrogen) atoms. The van der Waals surface area contributed by atoms with Gasteiger partial charge in [0.15, 0.2) is 0 Å². The molecule has 3 rings (SSSR count). The summed E-state index contributed by atoms with van der Waals surface area (Å²) < 4.78 is 0. The van der Waals surface area contributed by atoms with Crippen molar-refractivity contribution in [2.45, 2.75) is 31.1 Å². The average Bonchev–Trinajstić information content (AvgIpc) is 2.93. The fraction of sp³-hybridized carbons (Fsp3) is 0.700. The third-order valence-corrected chi connectivity index (χ3v) is 4.66. The summed E-state index contributed by atoms with van der Waals surface area (Å²) in [6.45, 7) is 0. The van der Waals surface area contributed by atoms with Gasteiger partial charge in [0, 0.05) is 0 Å². The normalized spacial score (nSPS) is 39.9. The van der Waals surface area contributed by atoms with E-state index >= 15 is 0 Å². The Kier molecular flexibility index (Phi) is 1.65. The predicted octanol–water partition coefficient (Wildman–Crippen LogP) is 2.12. The van der Waals surface area contributed by atoms with Crippen LogP contribution in [-0.4, -0.2) is 10.2 Å². The van der Waals surface area contributed by atoms with Crippen molar-refractivity contribution in [2.24, 2.45) is 11.8 Å². The van der Waals surface area contributed by atoms with Gasteiger partial charge in [-0.25, -0.2) is 0 Å². The summed E-state index contributed by atoms with van der Waals surface area (Å²) in [7, 11) is 0. The molecule has 4 heteroatoms. The van der Waals surface area contributed by atoms with Crippen LogP contribution >= 0.6 is 11.3 Å². The smallest absolute Gasteiger partial charge is 0.137 e. The minimum absolute atomic E-state index is 0.274. The number of aromatic nitrogens is 2. The average molecular weight is 205 g/mol. The molecular formula is C10H11N3S. The fourth-order valence-corrected chi connectivity index (χ4v) is 3.94. The second-order valence-electron chi connectivity index (χ2n) is 4.41. The molecule has 0 aromatic carbocycles. The molecule has 2 aliphatic carbocycles. The highest BCUT2D eigenvalue weighted by atomic mass is 32.1. The molecule has 72 valence electrons. The van der Waals surface area contributed by atoms with Crippen molar-refractivity contribution >= 4 is 11.3 Å². The second-order valence-corrected chi connectivity index (χ2v) is 5.24. The minimum atomic E-state index is -0.274. The molecule has 3 atom stereocenters. The van der Waals surface area contributed by atoms with E-state index in [9.17, 15) is 5.26 Å². The van der Waals surface area contributed by atoms with Crippen molar-refractivity contribution in [1.82, 2.24) is 10.2 Å². The first-order chi connectivity index (χ1) is 6.85. The molecule has 0 amide bonds. The molecular weight excluding hydrogens is 194 g/mol. The van der Waals surface area contributed by atoms with Crippen LogP contribution in [0.25, 0.3) is 0 Å². The molecule has 3 nitrogen and oxygen atoms in total. The Balaban J connectivity index is 2.06. The first-order valence-corrected chi connectivity index (χ1v) is 5.91. The summed E-state index contributed by atoms with van der Waals surface area (Å²) in [6, 6.07) is 2.52. The fourth-order valence-electron chi connectivity index (χ4n) is 3.14. The van der Waals surface area contributed by atoms with Gasteiger partial charge in [0.25, 0.3) is 0 Å². The van der Waals surface area contributed by atoms with Crippen LogP contribution < -0.4 is 0 Å². The summed E-state index contributed by atoms with van der Waals surface area (Å²) >= 11 is 1.54. The number of fused-ring (bicyclic) bond motifs is 2. The van der Waals surface area contributed by atoms with Gasteiger partial charge in [0.1, 0.15) is 15.9 Å². The van der Waals surface area contributed by atoms with Gasteiger partial charge in [-0.1, -0.05) is 6.42 Å². The number of hydrogen-bond donors (Lipinski definition) is 0. The number of hydrogen-bond acceptors (Lipinski definition) is 4. The molecule has 0 radical (unpaired) electrons. The number of nitriles is 1. The third-order valence-electron chi connectivity index (χ3n) is 3.79. The molecule has 0 aliphatic heterocycles. The topological polar surface area (TPSA) is 49.6 Å². The van der Waals surface area contributed by atoms with Crippen LogP contribution in [0.2, 0.25) is 0 Å². The Morgan fingerprint density at radius 1 is 1.57 bits per heavy atom. The van der Waals surface area contributed by atoms with E-state index in [1.54, 1.807) is 5.51 Å². The van der Waals surface area contributed by atoms with Gasteiger partial charge in [-0.05, 0) is 31.1 Å². The second kappa shape index (κ2) is 2.77. The van der Waals surface area contributed by atoms with Crippen molar-refractivity contribution in [2.75, 3.05) is 0 Å². The van der Waals surface area contributed by atoms with Crippen LogP contribution in [0, 0.1) is 23.2 Å². The molecule has 0 N–H and O–H groups in total. The van der Waals surface area contributed by atoms with Crippen molar-refractivity contribution in [3.05, 3.63) is 10.5 Å². The largest absolute Gasteiger partial charge is 0.197 e. The van der Waals surface area contributed by atoms with Crippen molar-refractivity contribution < 1.29 is 0 Å².